The fourth-order valence-electron chi connectivity index (χ4n) is 3.01. The summed E-state index contributed by atoms with van der Waals surface area (Å²) in [7, 11) is -8.01. The quantitative estimate of drug-likeness (QED) is 0.738. The number of nitrogens with two attached hydrogens (primary N) is 1. The predicted molar refractivity (Wildman–Crippen MR) is 94.5 cm³/mol. The van der Waals surface area contributed by atoms with Crippen molar-refractivity contribution in [3.63, 3.8) is 0 Å². The van der Waals surface area contributed by atoms with E-state index in [0.717, 1.165) is 0 Å². The van der Waals surface area contributed by atoms with Crippen LogP contribution in [0.3, 0.4) is 0 Å². The van der Waals surface area contributed by atoms with Crippen LogP contribution < -0.4 is 5.14 Å². The Hall–Kier alpha value is -1.05. The van der Waals surface area contributed by atoms with Crippen molar-refractivity contribution < 1.29 is 18.3 Å². The molecule has 7 heteroatoms. The molecule has 0 aliphatic rings. The van der Waals surface area contributed by atoms with Gasteiger partial charge in [-0.15, -0.1) is 0 Å². The summed E-state index contributed by atoms with van der Waals surface area (Å²) >= 11 is 0. The third kappa shape index (κ3) is 2.02. The van der Waals surface area contributed by atoms with Gasteiger partial charge in [0.1, 0.15) is 0 Å². The first-order valence-electron chi connectivity index (χ1n) is 7.43. The molecular weight excluding hydrogens is 322 g/mol. The van der Waals surface area contributed by atoms with E-state index in [1.54, 1.807) is 33.8 Å². The lowest BCUT2D eigenvalue weighted by molar-refractivity contribution is 0.0692. The van der Waals surface area contributed by atoms with Crippen LogP contribution in [0.5, 0.6) is 0 Å². The molecule has 5 nitrogen and oxygen atoms in total. The van der Waals surface area contributed by atoms with Gasteiger partial charge in [-0.05, 0) is 35.1 Å². The Morgan fingerprint density at radius 1 is 1.05 bits per heavy atom. The molecule has 0 bridgehead atoms. The van der Waals surface area contributed by atoms with Gasteiger partial charge in [0, 0.05) is 0 Å². The van der Waals surface area contributed by atoms with Crippen LogP contribution in [0.2, 0.25) is 0 Å². The van der Waals surface area contributed by atoms with Crippen molar-refractivity contribution in [2.24, 2.45) is 5.14 Å². The van der Waals surface area contributed by atoms with Gasteiger partial charge in [0.15, 0.2) is 0 Å². The number of rotatable bonds is 7. The van der Waals surface area contributed by atoms with E-state index >= 15 is 0 Å². The monoisotopic (exact) mass is 349 g/mol. The van der Waals surface area contributed by atoms with Crippen LogP contribution in [0, 0.1) is 0 Å². The Bertz CT molecular complexity index is 678. The standard InChI is InChI=1S/C15H27NO4S2/c1-5-22(16,6-2,7-3,8-4)21(19,20)14-12-10-9-11-13(14)15(17)18/h9-12H,5-8,16H2,1-4H3,(H,17,18). The van der Waals surface area contributed by atoms with Gasteiger partial charge >= 0.3 is 5.97 Å². The van der Waals surface area contributed by atoms with E-state index in [1.807, 2.05) is 0 Å². The summed E-state index contributed by atoms with van der Waals surface area (Å²) in [5.74, 6) is 0.0238. The van der Waals surface area contributed by atoms with Gasteiger partial charge in [-0.3, -0.25) is 5.14 Å². The summed E-state index contributed by atoms with van der Waals surface area (Å²) in [6.45, 7) is 7.22. The lowest BCUT2D eigenvalue weighted by atomic mass is 10.2. The van der Waals surface area contributed by atoms with Gasteiger partial charge in [0.25, 0.3) is 0 Å². The molecule has 0 aliphatic carbocycles. The third-order valence-electron chi connectivity index (χ3n) is 5.72. The maximum atomic E-state index is 13.6. The van der Waals surface area contributed by atoms with Crippen molar-refractivity contribution in [3.8, 4) is 0 Å². The first-order valence-corrected chi connectivity index (χ1v) is 12.6. The van der Waals surface area contributed by atoms with Crippen molar-refractivity contribution in [3.05, 3.63) is 29.8 Å². The fourth-order valence-corrected chi connectivity index (χ4v) is 14.0. The van der Waals surface area contributed by atoms with Gasteiger partial charge in [-0.1, -0.05) is 39.8 Å². The molecule has 0 aromatic heterocycles. The van der Waals surface area contributed by atoms with Gasteiger partial charge in [0.05, 0.1) is 10.5 Å². The second kappa shape index (κ2) is 5.25. The van der Waals surface area contributed by atoms with Crippen LogP contribution in [-0.2, 0) is 8.87 Å². The largest absolute Gasteiger partial charge is 0.478 e. The highest BCUT2D eigenvalue weighted by Gasteiger charge is 2.63. The Kier molecular flexibility index (Phi) is 4.53. The summed E-state index contributed by atoms with van der Waals surface area (Å²) in [4.78, 5) is 11.3. The molecule has 1 aromatic carbocycles. The molecule has 0 unspecified atom stereocenters. The van der Waals surface area contributed by atoms with Crippen LogP contribution in [0.15, 0.2) is 29.2 Å². The van der Waals surface area contributed by atoms with Crippen LogP contribution in [0.1, 0.15) is 38.1 Å². The number of carboxylic acids is 1. The average Bonchev–Trinajstić information content (AvgIpc) is 2.54. The number of aromatic carboxylic acids is 1. The Labute approximate surface area is 131 Å². The number of carboxylic acid groups (broad SMARTS) is 1. The van der Waals surface area contributed by atoms with Gasteiger partial charge in [-0.2, -0.15) is 7.51 Å². The molecule has 22 heavy (non-hydrogen) atoms. The van der Waals surface area contributed by atoms with Gasteiger partial charge < -0.3 is 5.11 Å². The van der Waals surface area contributed by atoms with Crippen LogP contribution >= 0.6 is 7.51 Å². The van der Waals surface area contributed by atoms with Gasteiger partial charge in [0.2, 0.25) is 8.87 Å². The lowest BCUT2D eigenvalue weighted by Gasteiger charge is -2.74. The van der Waals surface area contributed by atoms with Crippen LogP contribution in [-0.4, -0.2) is 42.5 Å². The van der Waals surface area contributed by atoms with Crippen molar-refractivity contribution in [2.45, 2.75) is 32.6 Å². The normalized spacial score (nSPS) is 15.9. The molecule has 0 radical (unpaired) electrons. The average molecular weight is 350 g/mol. The van der Waals surface area contributed by atoms with Crippen molar-refractivity contribution in [2.75, 3.05) is 23.0 Å². The summed E-state index contributed by atoms with van der Waals surface area (Å²) in [6, 6.07) is 5.75. The Morgan fingerprint density at radius 2 is 1.45 bits per heavy atom. The summed E-state index contributed by atoms with van der Waals surface area (Å²) < 4.78 is 27.2. The minimum atomic E-state index is -4.03. The highest BCUT2D eigenvalue weighted by Crippen LogP contribution is 2.87. The predicted octanol–water partition coefficient (Wildman–Crippen LogP) is 2.90. The van der Waals surface area contributed by atoms with E-state index in [4.69, 9.17) is 5.14 Å². The zero-order valence-electron chi connectivity index (χ0n) is 13.7. The zero-order chi connectivity index (χ0) is 17.3. The molecule has 3 N–H and O–H groups in total. The third-order valence-corrected chi connectivity index (χ3v) is 23.1. The van der Waals surface area contributed by atoms with Gasteiger partial charge in [-0.25, -0.2) is 13.2 Å². The minimum Gasteiger partial charge on any atom is -0.478 e. The van der Waals surface area contributed by atoms with Crippen molar-refractivity contribution >= 4 is 22.4 Å². The molecule has 128 valence electrons. The molecule has 0 heterocycles. The second-order valence-electron chi connectivity index (χ2n) is 5.87. The maximum absolute atomic E-state index is 13.6. The van der Waals surface area contributed by atoms with E-state index in [1.165, 1.54) is 18.2 Å². The highest BCUT2D eigenvalue weighted by atomic mass is 33.2. The van der Waals surface area contributed by atoms with E-state index < -0.39 is 22.4 Å². The fraction of sp³-hybridized carbons (Fsp3) is 0.533. The van der Waals surface area contributed by atoms with E-state index in [2.05, 4.69) is 0 Å². The Balaban J connectivity index is 3.99. The first-order chi connectivity index (χ1) is 10.0. The zero-order valence-corrected chi connectivity index (χ0v) is 15.3. The van der Waals surface area contributed by atoms with E-state index in [9.17, 15) is 18.3 Å². The number of hydrogen-bond donors (Lipinski definition) is 2. The summed E-state index contributed by atoms with van der Waals surface area (Å²) in [5.41, 5.74) is -0.207. The lowest BCUT2D eigenvalue weighted by Crippen LogP contribution is -2.58. The second-order valence-corrected chi connectivity index (χ2v) is 19.2. The molecule has 0 fully saturated rings. The van der Waals surface area contributed by atoms with E-state index in [0.29, 0.717) is 23.0 Å². The number of benzene rings is 1. The molecule has 0 aliphatic heterocycles. The number of hydrogen-bond acceptors (Lipinski definition) is 4. The molecule has 0 spiro atoms. The Morgan fingerprint density at radius 3 is 1.82 bits per heavy atom. The molecule has 0 saturated carbocycles. The topological polar surface area (TPSA) is 97.5 Å². The molecule has 1 rings (SSSR count). The smallest absolute Gasteiger partial charge is 0.337 e. The molecule has 0 saturated heterocycles. The van der Waals surface area contributed by atoms with E-state index in [-0.39, 0.29) is 10.5 Å². The van der Waals surface area contributed by atoms with Crippen LogP contribution in [0.4, 0.5) is 0 Å². The molecule has 0 amide bonds. The minimum absolute atomic E-state index is 0.154. The molecule has 1 aromatic rings. The SMILES string of the molecule is CCS(N)(CC)(CC)(CC)S(=O)(=O)c1ccccc1C(=O)O. The number of carbonyl (C=O) groups is 1. The molecular formula is C15H27NO4S2. The highest BCUT2D eigenvalue weighted by molar-refractivity contribution is 9.08. The maximum Gasteiger partial charge on any atom is 0.337 e. The summed E-state index contributed by atoms with van der Waals surface area (Å²) in [6.07, 6.45) is 0. The van der Waals surface area contributed by atoms with Crippen molar-refractivity contribution in [1.82, 2.24) is 0 Å². The summed E-state index contributed by atoms with van der Waals surface area (Å²) in [5, 5.41) is 16.2. The molecule has 0 atom stereocenters. The first kappa shape index (κ1) is 19.0. The van der Waals surface area contributed by atoms with Crippen molar-refractivity contribution in [1.29, 1.82) is 0 Å². The van der Waals surface area contributed by atoms with Crippen LogP contribution in [0.25, 0.3) is 0 Å².